The summed E-state index contributed by atoms with van der Waals surface area (Å²) in [5.41, 5.74) is 6.82. The lowest BCUT2D eigenvalue weighted by molar-refractivity contribution is -0.116. The molecule has 1 aliphatic rings. The standard InChI is InChI=1S/C23H25BClN3O4/c1-22(2)23(3,4)32-24(31-22)16-9-15-10-17(30-21(15)18(25)11-16)13-28-20(29)8-6-14-5-7-19(26)27-12-14/h5-12H,13H2,1-4H3,(H2,26,27)(H,28,29)/b8-6+. The molecule has 0 aliphatic carbocycles. The van der Waals surface area contributed by atoms with E-state index in [0.29, 0.717) is 22.2 Å². The Balaban J connectivity index is 1.45. The number of rotatable bonds is 5. The number of nitrogens with one attached hydrogen (secondary N) is 1. The quantitative estimate of drug-likeness (QED) is 0.451. The number of nitrogens with zero attached hydrogens (tertiary/aromatic N) is 1. The number of fused-ring (bicyclic) bond motifs is 1. The van der Waals surface area contributed by atoms with Crippen molar-refractivity contribution in [3.8, 4) is 0 Å². The van der Waals surface area contributed by atoms with Gasteiger partial charge in [0.1, 0.15) is 11.6 Å². The van der Waals surface area contributed by atoms with Crippen molar-refractivity contribution in [2.24, 2.45) is 0 Å². The van der Waals surface area contributed by atoms with Gasteiger partial charge in [-0.1, -0.05) is 17.7 Å². The van der Waals surface area contributed by atoms with Crippen LogP contribution < -0.4 is 16.5 Å². The van der Waals surface area contributed by atoms with Gasteiger partial charge in [0.25, 0.3) is 0 Å². The first kappa shape index (κ1) is 22.4. The molecule has 1 saturated heterocycles. The van der Waals surface area contributed by atoms with Crippen LogP contribution in [0.2, 0.25) is 5.02 Å². The van der Waals surface area contributed by atoms with Gasteiger partial charge in [0.2, 0.25) is 5.91 Å². The summed E-state index contributed by atoms with van der Waals surface area (Å²) in [4.78, 5) is 16.1. The van der Waals surface area contributed by atoms with Gasteiger partial charge < -0.3 is 24.8 Å². The van der Waals surface area contributed by atoms with Crippen LogP contribution in [0.25, 0.3) is 17.0 Å². The molecule has 4 rings (SSSR count). The molecule has 166 valence electrons. The molecule has 0 spiro atoms. The number of carbonyl (C=O) groups excluding carboxylic acids is 1. The van der Waals surface area contributed by atoms with Gasteiger partial charge in [-0.2, -0.15) is 0 Å². The number of pyridine rings is 1. The van der Waals surface area contributed by atoms with Crippen LogP contribution in [0.1, 0.15) is 39.0 Å². The molecule has 0 unspecified atom stereocenters. The number of aromatic nitrogens is 1. The fourth-order valence-corrected chi connectivity index (χ4v) is 3.58. The number of anilines is 1. The average Bonchev–Trinajstić information content (AvgIpc) is 3.23. The summed E-state index contributed by atoms with van der Waals surface area (Å²) in [7, 11) is -0.520. The maximum Gasteiger partial charge on any atom is 0.494 e. The third kappa shape index (κ3) is 4.53. The monoisotopic (exact) mass is 453 g/mol. The van der Waals surface area contributed by atoms with Gasteiger partial charge in [0, 0.05) is 17.7 Å². The summed E-state index contributed by atoms with van der Waals surface area (Å²) in [6.07, 6.45) is 4.69. The summed E-state index contributed by atoms with van der Waals surface area (Å²) >= 11 is 6.47. The van der Waals surface area contributed by atoms with E-state index in [2.05, 4.69) is 10.3 Å². The van der Waals surface area contributed by atoms with E-state index in [9.17, 15) is 4.79 Å². The Hall–Kier alpha value is -2.81. The third-order valence-electron chi connectivity index (χ3n) is 5.84. The number of halogens is 1. The number of nitrogens with two attached hydrogens (primary N) is 1. The zero-order valence-electron chi connectivity index (χ0n) is 18.4. The topological polar surface area (TPSA) is 99.6 Å². The minimum Gasteiger partial charge on any atom is -0.458 e. The maximum atomic E-state index is 12.1. The fourth-order valence-electron chi connectivity index (χ4n) is 3.31. The highest BCUT2D eigenvalue weighted by atomic mass is 35.5. The van der Waals surface area contributed by atoms with Crippen molar-refractivity contribution in [3.63, 3.8) is 0 Å². The van der Waals surface area contributed by atoms with Crippen LogP contribution in [0.5, 0.6) is 0 Å². The van der Waals surface area contributed by atoms with Crippen LogP contribution in [0, 0.1) is 0 Å². The molecule has 3 N–H and O–H groups in total. The lowest BCUT2D eigenvalue weighted by Crippen LogP contribution is -2.41. The molecule has 0 atom stereocenters. The second-order valence-electron chi connectivity index (χ2n) is 8.79. The van der Waals surface area contributed by atoms with Crippen LogP contribution in [-0.2, 0) is 20.6 Å². The maximum absolute atomic E-state index is 12.1. The van der Waals surface area contributed by atoms with Gasteiger partial charge in [-0.3, -0.25) is 4.79 Å². The Labute approximate surface area is 192 Å². The second kappa shape index (κ2) is 8.28. The molecule has 1 fully saturated rings. The van der Waals surface area contributed by atoms with E-state index >= 15 is 0 Å². The van der Waals surface area contributed by atoms with E-state index in [0.717, 1.165) is 16.4 Å². The van der Waals surface area contributed by atoms with E-state index in [1.807, 2.05) is 39.8 Å². The highest BCUT2D eigenvalue weighted by Crippen LogP contribution is 2.37. The SMILES string of the molecule is CC1(C)OB(c2cc(Cl)c3oc(CNC(=O)/C=C/c4ccc(N)nc4)cc3c2)OC1(C)C. The van der Waals surface area contributed by atoms with Crippen molar-refractivity contribution in [2.75, 3.05) is 5.73 Å². The van der Waals surface area contributed by atoms with Gasteiger partial charge in [-0.15, -0.1) is 0 Å². The molecular formula is C23H25BClN3O4. The number of hydrogen-bond donors (Lipinski definition) is 2. The molecule has 9 heteroatoms. The predicted octanol–water partition coefficient (Wildman–Crippen LogP) is 3.69. The summed E-state index contributed by atoms with van der Waals surface area (Å²) in [5.74, 6) is 0.756. The molecule has 3 heterocycles. The molecule has 1 aromatic carbocycles. The Kier molecular flexibility index (Phi) is 5.79. The van der Waals surface area contributed by atoms with Crippen molar-refractivity contribution in [3.05, 3.63) is 59.0 Å². The molecule has 2 aromatic heterocycles. The molecule has 32 heavy (non-hydrogen) atoms. The molecule has 1 aliphatic heterocycles. The number of benzene rings is 1. The van der Waals surface area contributed by atoms with E-state index in [-0.39, 0.29) is 12.5 Å². The third-order valence-corrected chi connectivity index (χ3v) is 6.12. The van der Waals surface area contributed by atoms with Crippen LogP contribution in [0.4, 0.5) is 5.82 Å². The number of carbonyl (C=O) groups is 1. The zero-order valence-corrected chi connectivity index (χ0v) is 19.2. The van der Waals surface area contributed by atoms with E-state index in [1.165, 1.54) is 6.08 Å². The average molecular weight is 454 g/mol. The smallest absolute Gasteiger partial charge is 0.458 e. The molecule has 0 saturated carbocycles. The number of nitrogen functional groups attached to an aromatic ring is 1. The molecule has 0 radical (unpaired) electrons. The van der Waals surface area contributed by atoms with Crippen molar-refractivity contribution in [1.29, 1.82) is 0 Å². The molecule has 7 nitrogen and oxygen atoms in total. The summed E-state index contributed by atoms with van der Waals surface area (Å²) < 4.78 is 18.1. The Morgan fingerprint density at radius 3 is 2.56 bits per heavy atom. The van der Waals surface area contributed by atoms with Gasteiger partial charge in [0.15, 0.2) is 5.58 Å². The van der Waals surface area contributed by atoms with Crippen molar-refractivity contribution in [2.45, 2.75) is 45.4 Å². The van der Waals surface area contributed by atoms with E-state index in [1.54, 1.807) is 30.5 Å². The highest BCUT2D eigenvalue weighted by molar-refractivity contribution is 6.63. The molecule has 1 amide bonds. The number of hydrogen-bond acceptors (Lipinski definition) is 6. The second-order valence-corrected chi connectivity index (χ2v) is 9.20. The first-order valence-electron chi connectivity index (χ1n) is 10.3. The van der Waals surface area contributed by atoms with Crippen molar-refractivity contribution < 1.29 is 18.5 Å². The normalized spacial score (nSPS) is 17.3. The van der Waals surface area contributed by atoms with Crippen LogP contribution in [-0.4, -0.2) is 29.2 Å². The number of amides is 1. The van der Waals surface area contributed by atoms with Crippen molar-refractivity contribution >= 4 is 53.0 Å². The lowest BCUT2D eigenvalue weighted by Gasteiger charge is -2.32. The first-order valence-corrected chi connectivity index (χ1v) is 10.7. The predicted molar refractivity (Wildman–Crippen MR) is 126 cm³/mol. The minimum atomic E-state index is -0.520. The van der Waals surface area contributed by atoms with Gasteiger partial charge in [-0.05, 0) is 69.1 Å². The van der Waals surface area contributed by atoms with E-state index in [4.69, 9.17) is 31.1 Å². The van der Waals surface area contributed by atoms with Gasteiger partial charge >= 0.3 is 7.12 Å². The Morgan fingerprint density at radius 1 is 1.19 bits per heavy atom. The number of furan rings is 1. The minimum absolute atomic E-state index is 0.222. The van der Waals surface area contributed by atoms with Crippen LogP contribution >= 0.6 is 11.6 Å². The molecule has 3 aromatic rings. The first-order chi connectivity index (χ1) is 15.0. The summed E-state index contributed by atoms with van der Waals surface area (Å²) in [5, 5.41) is 4.07. The van der Waals surface area contributed by atoms with E-state index < -0.39 is 18.3 Å². The van der Waals surface area contributed by atoms with Gasteiger partial charge in [-0.25, -0.2) is 4.98 Å². The largest absolute Gasteiger partial charge is 0.494 e. The molecule has 0 bridgehead atoms. The summed E-state index contributed by atoms with van der Waals surface area (Å²) in [6.45, 7) is 8.24. The lowest BCUT2D eigenvalue weighted by atomic mass is 9.78. The van der Waals surface area contributed by atoms with Gasteiger partial charge in [0.05, 0.1) is 22.8 Å². The molecular weight excluding hydrogens is 429 g/mol. The van der Waals surface area contributed by atoms with Crippen molar-refractivity contribution in [1.82, 2.24) is 10.3 Å². The fraction of sp³-hybridized carbons (Fsp3) is 0.304. The highest BCUT2D eigenvalue weighted by Gasteiger charge is 2.51. The van der Waals surface area contributed by atoms with Crippen LogP contribution in [0.15, 0.2) is 47.0 Å². The zero-order chi connectivity index (χ0) is 23.1. The Bertz CT molecular complexity index is 1170. The van der Waals surface area contributed by atoms with Crippen LogP contribution in [0.3, 0.4) is 0 Å². The summed E-state index contributed by atoms with van der Waals surface area (Å²) in [6, 6.07) is 9.04. The Morgan fingerprint density at radius 2 is 1.91 bits per heavy atom.